The predicted octanol–water partition coefficient (Wildman–Crippen LogP) is 1.72. The minimum atomic E-state index is -0.539. The number of nitrogens with one attached hydrogen (secondary N) is 2. The number of nitrogens with zero attached hydrogens (tertiary/aromatic N) is 2. The van der Waals surface area contributed by atoms with Crippen molar-refractivity contribution >= 4 is 17.6 Å². The fourth-order valence-corrected chi connectivity index (χ4v) is 3.89. The van der Waals surface area contributed by atoms with Gasteiger partial charge in [-0.1, -0.05) is 5.16 Å². The number of aliphatic hydroxyl groups excluding tert-OH is 1. The second-order valence-corrected chi connectivity index (χ2v) is 7.61. The number of ether oxygens (including phenoxy) is 1. The average molecular weight is 394 g/mol. The second kappa shape index (κ2) is 9.38. The number of carbonyl (C=O) groups is 2. The second-order valence-electron chi connectivity index (χ2n) is 7.61. The lowest BCUT2D eigenvalue weighted by Crippen LogP contribution is -2.52. The molecule has 0 spiro atoms. The summed E-state index contributed by atoms with van der Waals surface area (Å²) >= 11 is 0. The van der Waals surface area contributed by atoms with E-state index in [1.807, 2.05) is 4.90 Å². The van der Waals surface area contributed by atoms with Gasteiger partial charge in [-0.3, -0.25) is 4.79 Å². The molecule has 0 bridgehead atoms. The molecule has 3 amide bonds. The number of aromatic nitrogens is 1. The third-order valence-electron chi connectivity index (χ3n) is 5.50. The van der Waals surface area contributed by atoms with Crippen molar-refractivity contribution in [1.29, 1.82) is 0 Å². The summed E-state index contributed by atoms with van der Waals surface area (Å²) in [5, 5.41) is 19.1. The number of aryl methyl sites for hydroxylation is 2. The molecule has 156 valence electrons. The van der Waals surface area contributed by atoms with E-state index in [1.54, 1.807) is 13.8 Å². The van der Waals surface area contributed by atoms with E-state index in [0.29, 0.717) is 36.4 Å². The van der Waals surface area contributed by atoms with Crippen LogP contribution < -0.4 is 10.6 Å². The zero-order chi connectivity index (χ0) is 20.1. The Hall–Kier alpha value is -2.13. The highest BCUT2D eigenvalue weighted by Crippen LogP contribution is 2.24. The Morgan fingerprint density at radius 3 is 2.61 bits per heavy atom. The largest absolute Gasteiger partial charge is 0.394 e. The van der Waals surface area contributed by atoms with Gasteiger partial charge in [0.15, 0.2) is 5.76 Å². The van der Waals surface area contributed by atoms with Crippen molar-refractivity contribution in [2.24, 2.45) is 0 Å². The molecule has 2 aliphatic heterocycles. The molecule has 3 N–H and O–H groups in total. The molecule has 9 heteroatoms. The van der Waals surface area contributed by atoms with Gasteiger partial charge in [-0.15, -0.1) is 0 Å². The van der Waals surface area contributed by atoms with Crippen molar-refractivity contribution in [2.45, 2.75) is 70.6 Å². The molecule has 3 rings (SSSR count). The number of urea groups is 1. The first kappa shape index (κ1) is 20.6. The molecule has 0 aliphatic carbocycles. The lowest BCUT2D eigenvalue weighted by atomic mass is 9.96. The molecule has 0 saturated carbocycles. The molecule has 9 nitrogen and oxygen atoms in total. The van der Waals surface area contributed by atoms with Crippen LogP contribution in [-0.2, 0) is 9.53 Å². The number of carbonyl (C=O) groups excluding carboxylic acids is 2. The quantitative estimate of drug-likeness (QED) is 0.700. The smallest absolute Gasteiger partial charge is 0.319 e. The number of rotatable bonds is 5. The molecule has 0 aromatic carbocycles. The fraction of sp³-hybridized carbons (Fsp3) is 0.737. The van der Waals surface area contributed by atoms with Crippen LogP contribution in [0.2, 0.25) is 0 Å². The summed E-state index contributed by atoms with van der Waals surface area (Å²) < 4.78 is 11.0. The molecule has 1 aromatic rings. The summed E-state index contributed by atoms with van der Waals surface area (Å²) in [5.41, 5.74) is 1.14. The van der Waals surface area contributed by atoms with Crippen LogP contribution in [0.5, 0.6) is 0 Å². The van der Waals surface area contributed by atoms with E-state index in [-0.39, 0.29) is 24.7 Å². The van der Waals surface area contributed by atoms with Crippen LogP contribution in [0.15, 0.2) is 4.52 Å². The van der Waals surface area contributed by atoms with Crippen molar-refractivity contribution in [3.05, 3.63) is 11.5 Å². The number of likely N-dealkylation sites (tertiary alicyclic amines) is 1. The molecule has 3 heterocycles. The highest BCUT2D eigenvalue weighted by atomic mass is 16.5. The van der Waals surface area contributed by atoms with Gasteiger partial charge >= 0.3 is 6.03 Å². The van der Waals surface area contributed by atoms with Crippen LogP contribution >= 0.6 is 0 Å². The summed E-state index contributed by atoms with van der Waals surface area (Å²) in [4.78, 5) is 26.7. The molecule has 0 unspecified atom stereocenters. The highest BCUT2D eigenvalue weighted by molar-refractivity contribution is 5.90. The Balaban J connectivity index is 1.50. The van der Waals surface area contributed by atoms with Crippen LogP contribution in [0.4, 0.5) is 10.5 Å². The number of piperidine rings is 1. The first-order valence-corrected chi connectivity index (χ1v) is 10.0. The SMILES string of the molecule is Cc1noc(C)c1NC(=O)N[C@H]1CC[C@H](CC(=O)N2CCCCC2)O[C@@H]1CO. The van der Waals surface area contributed by atoms with Gasteiger partial charge in [0.2, 0.25) is 5.91 Å². The zero-order valence-electron chi connectivity index (χ0n) is 16.6. The Kier molecular flexibility index (Phi) is 6.90. The normalized spacial score (nSPS) is 25.4. The first-order valence-electron chi connectivity index (χ1n) is 10.0. The van der Waals surface area contributed by atoms with Crippen molar-refractivity contribution in [3.63, 3.8) is 0 Å². The Labute approximate surface area is 164 Å². The highest BCUT2D eigenvalue weighted by Gasteiger charge is 2.34. The van der Waals surface area contributed by atoms with Gasteiger partial charge in [-0.05, 0) is 46.0 Å². The van der Waals surface area contributed by atoms with Crippen molar-refractivity contribution in [3.8, 4) is 0 Å². The fourth-order valence-electron chi connectivity index (χ4n) is 3.89. The molecule has 2 fully saturated rings. The van der Waals surface area contributed by atoms with Crippen LogP contribution in [0.3, 0.4) is 0 Å². The first-order chi connectivity index (χ1) is 13.5. The summed E-state index contributed by atoms with van der Waals surface area (Å²) in [5.74, 6) is 0.645. The molecule has 3 atom stereocenters. The van der Waals surface area contributed by atoms with Gasteiger partial charge in [0.1, 0.15) is 17.5 Å². The van der Waals surface area contributed by atoms with Crippen molar-refractivity contribution in [2.75, 3.05) is 25.0 Å². The van der Waals surface area contributed by atoms with Crippen LogP contribution in [-0.4, -0.2) is 65.0 Å². The van der Waals surface area contributed by atoms with Gasteiger partial charge in [0.05, 0.1) is 25.2 Å². The maximum Gasteiger partial charge on any atom is 0.319 e. The number of hydrogen-bond acceptors (Lipinski definition) is 6. The third kappa shape index (κ3) is 5.02. The van der Waals surface area contributed by atoms with Gasteiger partial charge in [0.25, 0.3) is 0 Å². The van der Waals surface area contributed by atoms with E-state index in [0.717, 1.165) is 25.9 Å². The van der Waals surface area contributed by atoms with Crippen LogP contribution in [0.1, 0.15) is 50.0 Å². The van der Waals surface area contributed by atoms with Crippen LogP contribution in [0.25, 0.3) is 0 Å². The number of amides is 3. The van der Waals surface area contributed by atoms with Crippen molar-refractivity contribution in [1.82, 2.24) is 15.4 Å². The molecule has 2 saturated heterocycles. The van der Waals surface area contributed by atoms with Gasteiger partial charge in [-0.2, -0.15) is 0 Å². The third-order valence-corrected chi connectivity index (χ3v) is 5.50. The van der Waals surface area contributed by atoms with E-state index >= 15 is 0 Å². The molecule has 0 radical (unpaired) electrons. The Morgan fingerprint density at radius 2 is 1.96 bits per heavy atom. The number of hydrogen-bond donors (Lipinski definition) is 3. The maximum atomic E-state index is 12.5. The lowest BCUT2D eigenvalue weighted by Gasteiger charge is -2.37. The molecule has 2 aliphatic rings. The Morgan fingerprint density at radius 1 is 1.21 bits per heavy atom. The van der Waals surface area contributed by atoms with E-state index < -0.39 is 12.1 Å². The summed E-state index contributed by atoms with van der Waals surface area (Å²) in [6.45, 7) is 4.89. The zero-order valence-corrected chi connectivity index (χ0v) is 16.6. The topological polar surface area (TPSA) is 117 Å². The molecule has 28 heavy (non-hydrogen) atoms. The summed E-state index contributed by atoms with van der Waals surface area (Å²) in [7, 11) is 0. The van der Waals surface area contributed by atoms with Gasteiger partial charge < -0.3 is 29.9 Å². The molecular formula is C19H30N4O5. The van der Waals surface area contributed by atoms with Crippen molar-refractivity contribution < 1.29 is 24.0 Å². The maximum absolute atomic E-state index is 12.5. The minimum Gasteiger partial charge on any atom is -0.394 e. The van der Waals surface area contributed by atoms with Crippen LogP contribution in [0, 0.1) is 13.8 Å². The Bertz CT molecular complexity index is 666. The lowest BCUT2D eigenvalue weighted by molar-refractivity contribution is -0.141. The van der Waals surface area contributed by atoms with Gasteiger partial charge in [-0.25, -0.2) is 4.79 Å². The van der Waals surface area contributed by atoms with E-state index in [9.17, 15) is 14.7 Å². The minimum absolute atomic E-state index is 0.115. The number of aliphatic hydroxyl groups is 1. The van der Waals surface area contributed by atoms with Gasteiger partial charge in [0, 0.05) is 13.1 Å². The van der Waals surface area contributed by atoms with E-state index in [2.05, 4.69) is 15.8 Å². The van der Waals surface area contributed by atoms with E-state index in [4.69, 9.17) is 9.26 Å². The van der Waals surface area contributed by atoms with E-state index in [1.165, 1.54) is 6.42 Å². The predicted molar refractivity (Wildman–Crippen MR) is 102 cm³/mol. The summed E-state index contributed by atoms with van der Waals surface area (Å²) in [6, 6.07) is -0.726. The molecule has 1 aromatic heterocycles. The monoisotopic (exact) mass is 394 g/mol. The summed E-state index contributed by atoms with van der Waals surface area (Å²) in [6.07, 6.45) is 4.16. The molecular weight excluding hydrogens is 364 g/mol. The number of anilines is 1. The average Bonchev–Trinajstić information content (AvgIpc) is 3.01. The standard InChI is InChI=1S/C19H30N4O5/c1-12-18(13(2)28-22-12)21-19(26)20-15-7-6-14(27-16(15)11-24)10-17(25)23-8-4-3-5-9-23/h14-16,24H,3-11H2,1-2H3,(H2,20,21,26)/t14-,15+,16-/m1/s1.